The van der Waals surface area contributed by atoms with Crippen LogP contribution in [0.1, 0.15) is 61.2 Å². The third-order valence-corrected chi connectivity index (χ3v) is 6.18. The summed E-state index contributed by atoms with van der Waals surface area (Å²) in [6.07, 6.45) is 6.42. The maximum absolute atomic E-state index is 13.6. The van der Waals surface area contributed by atoms with Gasteiger partial charge in [-0.05, 0) is 30.6 Å². The molecule has 1 amide bonds. The van der Waals surface area contributed by atoms with Crippen molar-refractivity contribution in [3.63, 3.8) is 0 Å². The first kappa shape index (κ1) is 16.4. The van der Waals surface area contributed by atoms with Crippen LogP contribution in [0.4, 0.5) is 0 Å². The third kappa shape index (κ3) is 2.25. The highest BCUT2D eigenvalue weighted by Gasteiger charge is 2.61. The number of carbonyl (C=O) groups excluding carboxylic acids is 1. The summed E-state index contributed by atoms with van der Waals surface area (Å²) in [5.74, 6) is 1.81. The Morgan fingerprint density at radius 3 is 2.81 bits per heavy atom. The molecule has 3 heterocycles. The van der Waals surface area contributed by atoms with Gasteiger partial charge in [0.2, 0.25) is 11.8 Å². The van der Waals surface area contributed by atoms with Crippen molar-refractivity contribution in [3.8, 4) is 0 Å². The molecule has 2 fully saturated rings. The van der Waals surface area contributed by atoms with E-state index in [1.165, 1.54) is 0 Å². The van der Waals surface area contributed by atoms with Crippen molar-refractivity contribution in [2.75, 3.05) is 6.54 Å². The zero-order valence-corrected chi connectivity index (χ0v) is 15.6. The lowest BCUT2D eigenvalue weighted by Crippen LogP contribution is -2.54. The molecule has 138 valence electrons. The largest absolute Gasteiger partial charge is 0.422 e. The molecule has 2 atom stereocenters. The fraction of sp³-hybridized carbons (Fsp3) is 0.429. The smallest absolute Gasteiger partial charge is 0.256 e. The van der Waals surface area contributed by atoms with Crippen LogP contribution >= 0.6 is 0 Å². The molecule has 0 radical (unpaired) electrons. The number of fused-ring (bicyclic) bond motifs is 2. The molecule has 1 aliphatic heterocycles. The number of aromatic nitrogens is 3. The number of pyridine rings is 1. The standard InChI is InChI=1S/C21H22N4O2/c1-13(2)18-23-24-20(27-18)21-9-7-15(21)8-10-25(21)19(26)17-12-22-11-14-5-3-4-6-16(14)17/h3-6,11-13,15H,7-10H2,1-2H3/t15-,21-/m0/s1. The molecule has 6 nitrogen and oxygen atoms in total. The molecule has 0 bridgehead atoms. The number of hydrogen-bond acceptors (Lipinski definition) is 5. The van der Waals surface area contributed by atoms with E-state index in [-0.39, 0.29) is 11.8 Å². The molecule has 6 heteroatoms. The third-order valence-electron chi connectivity index (χ3n) is 6.18. The van der Waals surface area contributed by atoms with Gasteiger partial charge in [0.15, 0.2) is 0 Å². The molecule has 2 aliphatic rings. The van der Waals surface area contributed by atoms with E-state index < -0.39 is 5.54 Å². The van der Waals surface area contributed by atoms with Crippen LogP contribution in [0.25, 0.3) is 10.8 Å². The Balaban J connectivity index is 1.58. The van der Waals surface area contributed by atoms with Crippen molar-refractivity contribution in [3.05, 3.63) is 54.0 Å². The lowest BCUT2D eigenvalue weighted by Gasteiger charge is -2.47. The van der Waals surface area contributed by atoms with Crippen LogP contribution in [0.2, 0.25) is 0 Å². The first-order chi connectivity index (χ1) is 13.1. The highest BCUT2D eigenvalue weighted by molar-refractivity contribution is 6.06. The van der Waals surface area contributed by atoms with E-state index in [2.05, 4.69) is 15.2 Å². The Morgan fingerprint density at radius 2 is 2.07 bits per heavy atom. The SMILES string of the molecule is CC(C)c1nnc([C@]23CC[C@H]2CCN3C(=O)c2cncc3ccccc23)o1. The normalized spacial score (nSPS) is 24.3. The number of rotatable bonds is 3. The lowest BCUT2D eigenvalue weighted by molar-refractivity contribution is -0.00362. The van der Waals surface area contributed by atoms with Crippen LogP contribution in [0.5, 0.6) is 0 Å². The van der Waals surface area contributed by atoms with E-state index in [0.717, 1.165) is 30.0 Å². The van der Waals surface area contributed by atoms with E-state index in [9.17, 15) is 4.79 Å². The van der Waals surface area contributed by atoms with Crippen molar-refractivity contribution < 1.29 is 9.21 Å². The van der Waals surface area contributed by atoms with Crippen molar-refractivity contribution in [2.24, 2.45) is 5.92 Å². The topological polar surface area (TPSA) is 72.1 Å². The second-order valence-corrected chi connectivity index (χ2v) is 7.91. The molecule has 27 heavy (non-hydrogen) atoms. The number of hydrogen-bond donors (Lipinski definition) is 0. The Morgan fingerprint density at radius 1 is 1.22 bits per heavy atom. The molecular formula is C21H22N4O2. The minimum Gasteiger partial charge on any atom is -0.422 e. The van der Waals surface area contributed by atoms with E-state index >= 15 is 0 Å². The molecule has 0 spiro atoms. The second-order valence-electron chi connectivity index (χ2n) is 7.91. The molecule has 5 rings (SSSR count). The van der Waals surface area contributed by atoms with Gasteiger partial charge in [-0.15, -0.1) is 10.2 Å². The Kier molecular flexibility index (Phi) is 3.57. The fourth-order valence-electron chi connectivity index (χ4n) is 4.60. The summed E-state index contributed by atoms with van der Waals surface area (Å²) in [5.41, 5.74) is 0.192. The average molecular weight is 362 g/mol. The summed E-state index contributed by atoms with van der Waals surface area (Å²) in [4.78, 5) is 19.8. The summed E-state index contributed by atoms with van der Waals surface area (Å²) < 4.78 is 6.03. The van der Waals surface area contributed by atoms with Crippen LogP contribution < -0.4 is 0 Å². The predicted molar refractivity (Wildman–Crippen MR) is 100 cm³/mol. The van der Waals surface area contributed by atoms with Crippen LogP contribution in [0, 0.1) is 5.92 Å². The van der Waals surface area contributed by atoms with Gasteiger partial charge in [-0.2, -0.15) is 0 Å². The molecule has 3 aromatic rings. The van der Waals surface area contributed by atoms with Crippen molar-refractivity contribution in [2.45, 2.75) is 44.6 Å². The van der Waals surface area contributed by atoms with Gasteiger partial charge < -0.3 is 9.32 Å². The number of nitrogens with zero attached hydrogens (tertiary/aromatic N) is 4. The van der Waals surface area contributed by atoms with E-state index in [0.29, 0.717) is 29.8 Å². The van der Waals surface area contributed by atoms with Gasteiger partial charge in [-0.1, -0.05) is 38.1 Å². The maximum atomic E-state index is 13.6. The minimum absolute atomic E-state index is 0.00537. The number of benzene rings is 1. The highest BCUT2D eigenvalue weighted by Crippen LogP contribution is 2.57. The first-order valence-electron chi connectivity index (χ1n) is 9.60. The van der Waals surface area contributed by atoms with Gasteiger partial charge >= 0.3 is 0 Å². The van der Waals surface area contributed by atoms with Crippen LogP contribution in [0.15, 0.2) is 41.1 Å². The fourth-order valence-corrected chi connectivity index (χ4v) is 4.60. The average Bonchev–Trinajstić information content (AvgIpc) is 3.24. The molecule has 0 N–H and O–H groups in total. The summed E-state index contributed by atoms with van der Waals surface area (Å²) in [7, 11) is 0. The summed E-state index contributed by atoms with van der Waals surface area (Å²) in [6, 6.07) is 7.88. The number of likely N-dealkylation sites (tertiary alicyclic amines) is 1. The number of carbonyl (C=O) groups is 1. The van der Waals surface area contributed by atoms with Crippen molar-refractivity contribution in [1.29, 1.82) is 0 Å². The summed E-state index contributed by atoms with van der Waals surface area (Å²) in [5, 5.41) is 10.5. The van der Waals surface area contributed by atoms with Crippen LogP contribution in [-0.4, -0.2) is 32.5 Å². The van der Waals surface area contributed by atoms with Gasteiger partial charge in [-0.3, -0.25) is 9.78 Å². The van der Waals surface area contributed by atoms with Gasteiger partial charge in [0.1, 0.15) is 5.54 Å². The zero-order chi connectivity index (χ0) is 18.6. The maximum Gasteiger partial charge on any atom is 0.256 e. The predicted octanol–water partition coefficient (Wildman–Crippen LogP) is 3.89. The molecule has 0 unspecified atom stereocenters. The van der Waals surface area contributed by atoms with Gasteiger partial charge in [0, 0.05) is 30.2 Å². The monoisotopic (exact) mass is 362 g/mol. The summed E-state index contributed by atoms with van der Waals surface area (Å²) >= 11 is 0. The van der Waals surface area contributed by atoms with E-state index in [1.807, 2.05) is 43.0 Å². The summed E-state index contributed by atoms with van der Waals surface area (Å²) in [6.45, 7) is 4.78. The molecular weight excluding hydrogens is 340 g/mol. The Bertz CT molecular complexity index is 1020. The Hall–Kier alpha value is -2.76. The minimum atomic E-state index is -0.450. The first-order valence-corrected chi connectivity index (χ1v) is 9.60. The van der Waals surface area contributed by atoms with Gasteiger partial charge in [-0.25, -0.2) is 0 Å². The molecule has 1 saturated heterocycles. The molecule has 1 saturated carbocycles. The van der Waals surface area contributed by atoms with Gasteiger partial charge in [0.25, 0.3) is 5.91 Å². The van der Waals surface area contributed by atoms with Crippen LogP contribution in [0.3, 0.4) is 0 Å². The van der Waals surface area contributed by atoms with E-state index in [4.69, 9.17) is 4.42 Å². The second kappa shape index (κ2) is 5.87. The zero-order valence-electron chi connectivity index (χ0n) is 15.6. The lowest BCUT2D eigenvalue weighted by atomic mass is 9.67. The number of amides is 1. The Labute approximate surface area is 157 Å². The quantitative estimate of drug-likeness (QED) is 0.707. The molecule has 1 aromatic carbocycles. The highest BCUT2D eigenvalue weighted by atomic mass is 16.4. The molecule has 2 aromatic heterocycles. The van der Waals surface area contributed by atoms with Crippen LogP contribution in [-0.2, 0) is 5.54 Å². The van der Waals surface area contributed by atoms with Gasteiger partial charge in [0.05, 0.1) is 5.56 Å². The van der Waals surface area contributed by atoms with E-state index in [1.54, 1.807) is 12.4 Å². The molecule has 1 aliphatic carbocycles. The van der Waals surface area contributed by atoms with Crippen molar-refractivity contribution >= 4 is 16.7 Å². The van der Waals surface area contributed by atoms with Crippen molar-refractivity contribution in [1.82, 2.24) is 20.1 Å².